The first-order chi connectivity index (χ1) is 8.90. The Balaban J connectivity index is 0.000000459. The van der Waals surface area contributed by atoms with Crippen LogP contribution in [0.15, 0.2) is 11.6 Å². The molecule has 0 bridgehead atoms. The first kappa shape index (κ1) is 17.6. The highest BCUT2D eigenvalue weighted by Gasteiger charge is 2.18. The van der Waals surface area contributed by atoms with Crippen LogP contribution in [0.25, 0.3) is 0 Å². The van der Waals surface area contributed by atoms with E-state index >= 15 is 0 Å². The van der Waals surface area contributed by atoms with E-state index in [1.54, 1.807) is 6.08 Å². The van der Waals surface area contributed by atoms with Gasteiger partial charge in [-0.1, -0.05) is 19.9 Å². The molecule has 0 spiro atoms. The van der Waals surface area contributed by atoms with Crippen molar-refractivity contribution >= 4 is 11.9 Å². The van der Waals surface area contributed by atoms with E-state index in [0.717, 1.165) is 19.3 Å². The summed E-state index contributed by atoms with van der Waals surface area (Å²) in [4.78, 5) is 21.2. The maximum atomic E-state index is 10.7. The Morgan fingerprint density at radius 2 is 2.00 bits per heavy atom. The number of amides is 1. The molecule has 110 valence electrons. The summed E-state index contributed by atoms with van der Waals surface area (Å²) >= 11 is 0. The first-order valence-electron chi connectivity index (χ1n) is 6.78. The topological polar surface area (TPSA) is 86.6 Å². The third-order valence-corrected chi connectivity index (χ3v) is 3.04. The smallest absolute Gasteiger partial charge is 0.331 e. The third kappa shape index (κ3) is 8.37. The van der Waals surface area contributed by atoms with E-state index in [0.29, 0.717) is 18.4 Å². The molecule has 1 aliphatic carbocycles. The van der Waals surface area contributed by atoms with Gasteiger partial charge in [-0.15, -0.1) is 0 Å². The summed E-state index contributed by atoms with van der Waals surface area (Å²) in [5, 5.41) is 20.1. The van der Waals surface area contributed by atoms with Crippen molar-refractivity contribution in [1.29, 1.82) is 0 Å². The molecule has 5 nitrogen and oxygen atoms in total. The number of carbonyl (C=O) groups excluding carboxylic acids is 1. The fourth-order valence-electron chi connectivity index (χ4n) is 1.74. The second-order valence-corrected chi connectivity index (χ2v) is 4.68. The van der Waals surface area contributed by atoms with Crippen molar-refractivity contribution in [2.24, 2.45) is 0 Å². The number of aliphatic carboxylic acids is 1. The lowest BCUT2D eigenvalue weighted by Gasteiger charge is -2.20. The summed E-state index contributed by atoms with van der Waals surface area (Å²) in [7, 11) is 0. The van der Waals surface area contributed by atoms with E-state index in [1.807, 2.05) is 13.8 Å². The molecule has 1 atom stereocenters. The summed E-state index contributed by atoms with van der Waals surface area (Å²) in [6, 6.07) is 0.112. The lowest BCUT2D eigenvalue weighted by Crippen LogP contribution is -2.34. The van der Waals surface area contributed by atoms with Gasteiger partial charge < -0.3 is 15.5 Å². The van der Waals surface area contributed by atoms with Crippen molar-refractivity contribution < 1.29 is 19.8 Å². The zero-order valence-corrected chi connectivity index (χ0v) is 12.0. The summed E-state index contributed by atoms with van der Waals surface area (Å²) in [6.07, 6.45) is 5.28. The van der Waals surface area contributed by atoms with Gasteiger partial charge in [0, 0.05) is 18.5 Å². The van der Waals surface area contributed by atoms with Crippen LogP contribution < -0.4 is 5.32 Å². The molecule has 0 saturated heterocycles. The molecule has 0 radical (unpaired) electrons. The van der Waals surface area contributed by atoms with E-state index in [-0.39, 0.29) is 18.1 Å². The number of carbonyl (C=O) groups is 2. The zero-order chi connectivity index (χ0) is 14.8. The fourth-order valence-corrected chi connectivity index (χ4v) is 1.74. The van der Waals surface area contributed by atoms with Gasteiger partial charge in [0.1, 0.15) is 0 Å². The number of aliphatic hydroxyl groups excluding tert-OH is 1. The number of nitrogens with one attached hydrogen (secondary N) is 1. The lowest BCUT2D eigenvalue weighted by atomic mass is 9.95. The van der Waals surface area contributed by atoms with Gasteiger partial charge >= 0.3 is 5.97 Å². The van der Waals surface area contributed by atoms with Gasteiger partial charge in [-0.2, -0.15) is 0 Å². The number of carboxylic acids is 1. The van der Waals surface area contributed by atoms with Crippen LogP contribution in [0.5, 0.6) is 0 Å². The summed E-state index contributed by atoms with van der Waals surface area (Å²) < 4.78 is 0. The van der Waals surface area contributed by atoms with Crippen LogP contribution in [-0.2, 0) is 9.59 Å². The highest BCUT2D eigenvalue weighted by Crippen LogP contribution is 2.17. The molecule has 0 aromatic heterocycles. The van der Waals surface area contributed by atoms with Gasteiger partial charge in [-0.3, -0.25) is 4.79 Å². The SMILES string of the molecule is CC(=O)N[C@H]1CC=C(C(=O)O)CC1.CCC(O)CC. The molecule has 5 heteroatoms. The molecule has 0 aromatic carbocycles. The van der Waals surface area contributed by atoms with E-state index < -0.39 is 5.97 Å². The Kier molecular flexibility index (Phi) is 8.87. The Bertz CT molecular complexity index is 321. The molecule has 0 unspecified atom stereocenters. The minimum absolute atomic E-state index is 0.0582. The van der Waals surface area contributed by atoms with Crippen LogP contribution in [-0.4, -0.2) is 34.2 Å². The predicted molar refractivity (Wildman–Crippen MR) is 73.8 cm³/mol. The minimum Gasteiger partial charge on any atom is -0.478 e. The minimum atomic E-state index is -0.846. The normalized spacial score (nSPS) is 18.2. The van der Waals surface area contributed by atoms with Crippen molar-refractivity contribution in [2.45, 2.75) is 65.0 Å². The van der Waals surface area contributed by atoms with E-state index in [9.17, 15) is 9.59 Å². The van der Waals surface area contributed by atoms with Crippen molar-refractivity contribution in [3.05, 3.63) is 11.6 Å². The Morgan fingerprint density at radius 3 is 2.26 bits per heavy atom. The molecule has 1 rings (SSSR count). The van der Waals surface area contributed by atoms with Crippen molar-refractivity contribution in [1.82, 2.24) is 5.32 Å². The van der Waals surface area contributed by atoms with Crippen LogP contribution >= 0.6 is 0 Å². The number of hydrogen-bond donors (Lipinski definition) is 3. The maximum Gasteiger partial charge on any atom is 0.331 e. The van der Waals surface area contributed by atoms with Gasteiger partial charge in [-0.25, -0.2) is 4.79 Å². The molecule has 0 saturated carbocycles. The highest BCUT2D eigenvalue weighted by atomic mass is 16.4. The summed E-state index contributed by atoms with van der Waals surface area (Å²) in [6.45, 7) is 5.43. The molecule has 0 aliphatic heterocycles. The van der Waals surface area contributed by atoms with Gasteiger partial charge in [0.2, 0.25) is 5.91 Å². The standard InChI is InChI=1S/C9H13NO3.C5H12O/c1-6(11)10-8-4-2-7(3-5-8)9(12)13;1-3-5(6)4-2/h2,8H,3-5H2,1H3,(H,10,11)(H,12,13);5-6H,3-4H2,1-2H3/t8-;/m0./s1. The van der Waals surface area contributed by atoms with E-state index in [1.165, 1.54) is 6.92 Å². The van der Waals surface area contributed by atoms with Crippen LogP contribution in [0.2, 0.25) is 0 Å². The molecule has 0 aromatic rings. The molecule has 1 aliphatic rings. The zero-order valence-electron chi connectivity index (χ0n) is 12.0. The van der Waals surface area contributed by atoms with Crippen molar-refractivity contribution in [3.63, 3.8) is 0 Å². The van der Waals surface area contributed by atoms with Crippen LogP contribution in [0, 0.1) is 0 Å². The number of aliphatic hydroxyl groups is 1. The number of rotatable bonds is 4. The largest absolute Gasteiger partial charge is 0.478 e. The molecular formula is C14H25NO4. The quantitative estimate of drug-likeness (QED) is 0.728. The average Bonchev–Trinajstić information content (AvgIpc) is 2.38. The second-order valence-electron chi connectivity index (χ2n) is 4.68. The Labute approximate surface area is 114 Å². The van der Waals surface area contributed by atoms with Crippen LogP contribution in [0.3, 0.4) is 0 Å². The van der Waals surface area contributed by atoms with Crippen molar-refractivity contribution in [2.75, 3.05) is 0 Å². The maximum absolute atomic E-state index is 10.7. The van der Waals surface area contributed by atoms with Gasteiger partial charge in [0.15, 0.2) is 0 Å². The summed E-state index contributed by atoms with van der Waals surface area (Å²) in [5.74, 6) is -0.904. The average molecular weight is 271 g/mol. The van der Waals surface area contributed by atoms with Crippen LogP contribution in [0.1, 0.15) is 52.9 Å². The van der Waals surface area contributed by atoms with Crippen LogP contribution in [0.4, 0.5) is 0 Å². The molecule has 0 heterocycles. The van der Waals surface area contributed by atoms with Gasteiger partial charge in [0.05, 0.1) is 6.10 Å². The van der Waals surface area contributed by atoms with Gasteiger partial charge in [-0.05, 0) is 32.1 Å². The predicted octanol–water partition coefficient (Wildman–Crippen LogP) is 1.85. The Morgan fingerprint density at radius 1 is 1.42 bits per heavy atom. The molecule has 0 fully saturated rings. The summed E-state index contributed by atoms with van der Waals surface area (Å²) in [5.41, 5.74) is 0.460. The molecule has 1 amide bonds. The molecule has 3 N–H and O–H groups in total. The van der Waals surface area contributed by atoms with E-state index in [2.05, 4.69) is 5.32 Å². The molecule has 19 heavy (non-hydrogen) atoms. The van der Waals surface area contributed by atoms with Crippen molar-refractivity contribution in [3.8, 4) is 0 Å². The third-order valence-electron chi connectivity index (χ3n) is 3.04. The fraction of sp³-hybridized carbons (Fsp3) is 0.714. The number of hydrogen-bond acceptors (Lipinski definition) is 3. The molecular weight excluding hydrogens is 246 g/mol. The monoisotopic (exact) mass is 271 g/mol. The number of carboxylic acid groups (broad SMARTS) is 1. The van der Waals surface area contributed by atoms with E-state index in [4.69, 9.17) is 10.2 Å². The first-order valence-corrected chi connectivity index (χ1v) is 6.78. The lowest BCUT2D eigenvalue weighted by molar-refractivity contribution is -0.132. The Hall–Kier alpha value is -1.36. The van der Waals surface area contributed by atoms with Gasteiger partial charge in [0.25, 0.3) is 0 Å². The highest BCUT2D eigenvalue weighted by molar-refractivity contribution is 5.86. The second kappa shape index (κ2) is 9.55.